The van der Waals surface area contributed by atoms with Crippen LogP contribution in [-0.2, 0) is 9.59 Å². The molecule has 0 aliphatic heterocycles. The van der Waals surface area contributed by atoms with E-state index in [2.05, 4.69) is 25.3 Å². The first-order valence-corrected chi connectivity index (χ1v) is 2.00. The lowest BCUT2D eigenvalue weighted by Gasteiger charge is -1.71. The molecule has 7 heavy (non-hydrogen) atoms. The molecule has 0 bridgehead atoms. The van der Waals surface area contributed by atoms with Crippen molar-refractivity contribution in [2.45, 2.75) is 0 Å². The van der Waals surface area contributed by atoms with E-state index in [-0.39, 0.29) is 6.15 Å². The van der Waals surface area contributed by atoms with Crippen molar-refractivity contribution in [1.29, 1.82) is 0 Å². The minimum absolute atomic E-state index is 0. The van der Waals surface area contributed by atoms with Gasteiger partial charge < -0.3 is 6.15 Å². The lowest BCUT2D eigenvalue weighted by molar-refractivity contribution is -0.126. The van der Waals surface area contributed by atoms with Gasteiger partial charge in [-0.15, -0.1) is 0 Å². The SMILES string of the molecule is N.O=C(S)C(=O)S. The second kappa shape index (κ2) is 4.17. The summed E-state index contributed by atoms with van der Waals surface area (Å²) in [5, 5.41) is -1.64. The first-order chi connectivity index (χ1) is 2.64. The topological polar surface area (TPSA) is 69.1 Å². The molecule has 3 N–H and O–H groups in total. The summed E-state index contributed by atoms with van der Waals surface area (Å²) in [5.41, 5.74) is 0. The number of thiol groups is 2. The van der Waals surface area contributed by atoms with E-state index in [0.717, 1.165) is 0 Å². The van der Waals surface area contributed by atoms with Gasteiger partial charge in [-0.3, -0.25) is 9.59 Å². The maximum atomic E-state index is 9.58. The lowest BCUT2D eigenvalue weighted by Crippen LogP contribution is -1.94. The van der Waals surface area contributed by atoms with Crippen LogP contribution < -0.4 is 6.15 Å². The zero-order chi connectivity index (χ0) is 5.15. The van der Waals surface area contributed by atoms with E-state index >= 15 is 0 Å². The van der Waals surface area contributed by atoms with E-state index in [1.807, 2.05) is 0 Å². The molecule has 0 radical (unpaired) electrons. The van der Waals surface area contributed by atoms with Crippen molar-refractivity contribution in [3.05, 3.63) is 0 Å². The van der Waals surface area contributed by atoms with Gasteiger partial charge in [0.1, 0.15) is 0 Å². The fraction of sp³-hybridized carbons (Fsp3) is 0. The molecule has 0 amide bonds. The fourth-order valence-electron chi connectivity index (χ4n) is 0. The zero-order valence-electron chi connectivity index (χ0n) is 3.42. The van der Waals surface area contributed by atoms with Gasteiger partial charge in [0.15, 0.2) is 0 Å². The summed E-state index contributed by atoms with van der Waals surface area (Å²) >= 11 is 6.26. The van der Waals surface area contributed by atoms with Gasteiger partial charge in [-0.1, -0.05) is 25.3 Å². The van der Waals surface area contributed by atoms with Crippen LogP contribution in [0.5, 0.6) is 0 Å². The van der Waals surface area contributed by atoms with Crippen molar-refractivity contribution in [2.75, 3.05) is 0 Å². The quantitative estimate of drug-likeness (QED) is 0.355. The Kier molecular flexibility index (Phi) is 6.00. The van der Waals surface area contributed by atoms with Crippen LogP contribution in [0.2, 0.25) is 0 Å². The molecule has 3 nitrogen and oxygen atoms in total. The highest BCUT2D eigenvalue weighted by molar-refractivity contribution is 8.09. The summed E-state index contributed by atoms with van der Waals surface area (Å²) in [6, 6.07) is 0. The molecule has 0 fully saturated rings. The van der Waals surface area contributed by atoms with Crippen LogP contribution in [0.3, 0.4) is 0 Å². The van der Waals surface area contributed by atoms with E-state index < -0.39 is 10.2 Å². The van der Waals surface area contributed by atoms with E-state index in [9.17, 15) is 9.59 Å². The number of hydrogen-bond donors (Lipinski definition) is 3. The largest absolute Gasteiger partial charge is 0.344 e. The Balaban J connectivity index is 0. The second-order valence-corrected chi connectivity index (χ2v) is 1.42. The highest BCUT2D eigenvalue weighted by Crippen LogP contribution is 1.83. The molecule has 0 saturated carbocycles. The van der Waals surface area contributed by atoms with Crippen LogP contribution in [-0.4, -0.2) is 10.2 Å². The normalized spacial score (nSPS) is 6.57. The molecule has 42 valence electrons. The molecular formula is C2H5NO2S2. The molecule has 0 atom stereocenters. The Hall–Kier alpha value is -0.0000000000000000555. The van der Waals surface area contributed by atoms with Crippen LogP contribution in [0.25, 0.3) is 0 Å². The van der Waals surface area contributed by atoms with Crippen LogP contribution in [0.15, 0.2) is 0 Å². The van der Waals surface area contributed by atoms with E-state index in [0.29, 0.717) is 0 Å². The van der Waals surface area contributed by atoms with Crippen LogP contribution in [0.1, 0.15) is 0 Å². The monoisotopic (exact) mass is 139 g/mol. The van der Waals surface area contributed by atoms with Crippen molar-refractivity contribution in [2.24, 2.45) is 0 Å². The third kappa shape index (κ3) is 6.00. The van der Waals surface area contributed by atoms with Crippen LogP contribution >= 0.6 is 25.3 Å². The number of carbonyl (C=O) groups excluding carboxylic acids is 2. The second-order valence-electron chi connectivity index (χ2n) is 0.610. The third-order valence-electron chi connectivity index (χ3n) is 0.183. The van der Waals surface area contributed by atoms with E-state index in [1.54, 1.807) is 0 Å². The molecule has 0 saturated heterocycles. The molecule has 0 rings (SSSR count). The number of carbonyl (C=O) groups is 2. The molecule has 0 spiro atoms. The highest BCUT2D eigenvalue weighted by Gasteiger charge is 1.97. The summed E-state index contributed by atoms with van der Waals surface area (Å²) < 4.78 is 0. The summed E-state index contributed by atoms with van der Waals surface area (Å²) in [7, 11) is 0. The smallest absolute Gasteiger partial charge is 0.262 e. The molecule has 0 aliphatic rings. The first-order valence-electron chi connectivity index (χ1n) is 1.11. The van der Waals surface area contributed by atoms with Crippen molar-refractivity contribution < 1.29 is 9.59 Å². The minimum Gasteiger partial charge on any atom is -0.344 e. The molecular weight excluding hydrogens is 134 g/mol. The zero-order valence-corrected chi connectivity index (χ0v) is 5.21. The summed E-state index contributed by atoms with van der Waals surface area (Å²) in [6.45, 7) is 0. The maximum absolute atomic E-state index is 9.58. The van der Waals surface area contributed by atoms with Crippen molar-refractivity contribution in [3.8, 4) is 0 Å². The van der Waals surface area contributed by atoms with Gasteiger partial charge in [0, 0.05) is 0 Å². The molecule has 5 heteroatoms. The van der Waals surface area contributed by atoms with Crippen molar-refractivity contribution in [1.82, 2.24) is 6.15 Å². The third-order valence-corrected chi connectivity index (χ3v) is 0.766. The van der Waals surface area contributed by atoms with Crippen molar-refractivity contribution in [3.63, 3.8) is 0 Å². The Morgan fingerprint density at radius 2 is 1.14 bits per heavy atom. The van der Waals surface area contributed by atoms with Gasteiger partial charge in [0.2, 0.25) is 0 Å². The molecule has 0 aromatic heterocycles. The minimum atomic E-state index is -0.821. The molecule has 0 aromatic carbocycles. The number of rotatable bonds is 1. The van der Waals surface area contributed by atoms with Gasteiger partial charge in [-0.2, -0.15) is 0 Å². The molecule has 0 aromatic rings. The predicted octanol–water partition coefficient (Wildman–Crippen LogP) is 0.0612. The fourth-order valence-corrected chi connectivity index (χ4v) is 0. The van der Waals surface area contributed by atoms with Gasteiger partial charge >= 0.3 is 0 Å². The maximum Gasteiger partial charge on any atom is 0.262 e. The van der Waals surface area contributed by atoms with E-state index in [4.69, 9.17) is 0 Å². The standard InChI is InChI=1S/C2H2O2S2.H3N/c3-1(5)2(4)6;/h(H,3,5)(H,4,6);1H3. The Bertz CT molecular complexity index is 79.7. The van der Waals surface area contributed by atoms with Crippen LogP contribution in [0.4, 0.5) is 0 Å². The summed E-state index contributed by atoms with van der Waals surface area (Å²) in [4.78, 5) is 19.2. The van der Waals surface area contributed by atoms with Crippen molar-refractivity contribution >= 4 is 35.5 Å². The molecule has 0 aliphatic carbocycles. The van der Waals surface area contributed by atoms with Gasteiger partial charge in [-0.05, 0) is 0 Å². The first kappa shape index (κ1) is 10.1. The Morgan fingerprint density at radius 3 is 1.14 bits per heavy atom. The molecule has 0 heterocycles. The molecule has 0 unspecified atom stereocenters. The average molecular weight is 139 g/mol. The van der Waals surface area contributed by atoms with Gasteiger partial charge in [-0.25, -0.2) is 0 Å². The van der Waals surface area contributed by atoms with Gasteiger partial charge in [0.25, 0.3) is 10.2 Å². The average Bonchev–Trinajstić information content (AvgIpc) is 1.36. The van der Waals surface area contributed by atoms with Gasteiger partial charge in [0.05, 0.1) is 0 Å². The Morgan fingerprint density at radius 1 is 1.00 bits per heavy atom. The van der Waals surface area contributed by atoms with Crippen LogP contribution in [0, 0.1) is 0 Å². The summed E-state index contributed by atoms with van der Waals surface area (Å²) in [6.07, 6.45) is 0. The highest BCUT2D eigenvalue weighted by atomic mass is 32.1. The lowest BCUT2D eigenvalue weighted by atomic mass is 10.9. The Labute approximate surface area is 51.9 Å². The van der Waals surface area contributed by atoms with E-state index in [1.165, 1.54) is 0 Å². The summed E-state index contributed by atoms with van der Waals surface area (Å²) in [5.74, 6) is 0. The number of hydrogen-bond acceptors (Lipinski definition) is 3. The predicted molar refractivity (Wildman–Crippen MR) is 33.0 cm³/mol.